The van der Waals surface area contributed by atoms with Gasteiger partial charge >= 0.3 is 0 Å². The van der Waals surface area contributed by atoms with Gasteiger partial charge in [0.15, 0.2) is 0 Å². The Bertz CT molecular complexity index is 1500. The number of nitrogens with zero attached hydrogens (tertiary/aromatic N) is 3. The molecule has 2 aromatic rings. The number of carbonyl (C=O) groups excluding carboxylic acids is 1. The van der Waals surface area contributed by atoms with E-state index in [1.54, 1.807) is 24.1 Å². The summed E-state index contributed by atoms with van der Waals surface area (Å²) in [6, 6.07) is 12.7. The maximum atomic E-state index is 15.2. The Kier molecular flexibility index (Phi) is 12.7. The summed E-state index contributed by atoms with van der Waals surface area (Å²) in [5, 5.41) is 26.7. The number of hydroxylamine groups is 2. The molecule has 9 atom stereocenters. The minimum atomic E-state index is -0.854. The van der Waals surface area contributed by atoms with Gasteiger partial charge in [-0.25, -0.2) is 4.39 Å². The SMILES string of the molecule is CC(C)C[C@@H](CN1CCCC1)N(Cc1cccc(CN2O[C@@H](CO)[C@@H]([C@H](C)O)[C@H]2C(=O)N[C@H]2C[C@@H]3C[C@H]([C@@H]2C)C3(C)C)c1)Cc1c(F)cccc1Cl. The van der Waals surface area contributed by atoms with Gasteiger partial charge in [0.1, 0.15) is 18.0 Å². The third-order valence-corrected chi connectivity index (χ3v) is 13.5. The number of fused-ring (bicyclic) bond motifs is 2. The second-order valence-corrected chi connectivity index (χ2v) is 17.9. The van der Waals surface area contributed by atoms with E-state index in [1.165, 1.54) is 25.3 Å². The van der Waals surface area contributed by atoms with E-state index < -0.39 is 24.2 Å². The fourth-order valence-electron chi connectivity index (χ4n) is 10.1. The van der Waals surface area contributed by atoms with E-state index >= 15 is 4.39 Å². The van der Waals surface area contributed by atoms with Crippen molar-refractivity contribution >= 4 is 17.5 Å². The normalized spacial score (nSPS) is 30.1. The summed E-state index contributed by atoms with van der Waals surface area (Å²) < 4.78 is 15.2. The van der Waals surface area contributed by atoms with Gasteiger partial charge in [0.25, 0.3) is 0 Å². The standard InChI is InChI=1S/C42H62ClFN4O4/c1-26(2)17-32(23-46-15-7-8-16-46)47(24-33-35(43)13-10-14-36(33)44)21-29-11-9-12-30(18-29)22-48-40(39(28(4)50)38(25-49)52-48)41(51)45-37-20-31-19-34(27(37)3)42(31,5)6/h9-14,18,26-28,31-32,34,37-40,49-50H,7-8,15-17,19-25H2,1-6H3,(H,45,51)/t27-,28-,31-,32-,34+,37-,38-,39+,40-/m0/s1. The van der Waals surface area contributed by atoms with Crippen LogP contribution in [-0.4, -0.2) is 87.6 Å². The molecular weight excluding hydrogens is 679 g/mol. The van der Waals surface area contributed by atoms with Crippen molar-refractivity contribution in [3.63, 3.8) is 0 Å². The number of hydrogen-bond acceptors (Lipinski definition) is 7. The van der Waals surface area contributed by atoms with Crippen LogP contribution in [-0.2, 0) is 29.3 Å². The molecule has 0 aromatic heterocycles. The van der Waals surface area contributed by atoms with E-state index in [0.29, 0.717) is 59.3 Å². The molecular formula is C42H62ClFN4O4. The van der Waals surface area contributed by atoms with Crippen molar-refractivity contribution < 1.29 is 24.2 Å². The van der Waals surface area contributed by atoms with Crippen molar-refractivity contribution in [3.8, 4) is 0 Å². The van der Waals surface area contributed by atoms with Crippen molar-refractivity contribution in [2.45, 2.75) is 124 Å². The summed E-state index contributed by atoms with van der Waals surface area (Å²) in [6.45, 7) is 17.2. The van der Waals surface area contributed by atoms with Crippen LogP contribution in [0.4, 0.5) is 4.39 Å². The molecule has 1 amide bonds. The van der Waals surface area contributed by atoms with Crippen molar-refractivity contribution in [3.05, 3.63) is 70.0 Å². The Balaban J connectivity index is 1.23. The number of carbonyl (C=O) groups is 1. The van der Waals surface area contributed by atoms with E-state index in [1.807, 2.05) is 12.1 Å². The first kappa shape index (κ1) is 39.6. The molecule has 2 saturated heterocycles. The lowest BCUT2D eigenvalue weighted by molar-refractivity contribution is -0.183. The Morgan fingerprint density at radius 2 is 1.81 bits per heavy atom. The lowest BCUT2D eigenvalue weighted by atomic mass is 9.45. The third kappa shape index (κ3) is 8.56. The Morgan fingerprint density at radius 1 is 1.10 bits per heavy atom. The summed E-state index contributed by atoms with van der Waals surface area (Å²) >= 11 is 6.60. The van der Waals surface area contributed by atoms with Crippen molar-refractivity contribution in [2.24, 2.45) is 35.0 Å². The van der Waals surface area contributed by atoms with Crippen LogP contribution in [0.15, 0.2) is 42.5 Å². The molecule has 5 fully saturated rings. The second-order valence-electron chi connectivity index (χ2n) is 17.5. The van der Waals surface area contributed by atoms with E-state index in [0.717, 1.165) is 43.6 Å². The Labute approximate surface area is 316 Å². The lowest BCUT2D eigenvalue weighted by Gasteiger charge is -2.62. The zero-order valence-corrected chi connectivity index (χ0v) is 32.9. The van der Waals surface area contributed by atoms with Gasteiger partial charge in [0.2, 0.25) is 5.91 Å². The molecule has 8 nitrogen and oxygen atoms in total. The molecule has 10 heteroatoms. The first-order chi connectivity index (χ1) is 24.8. The number of aliphatic hydroxyl groups is 2. The molecule has 3 saturated carbocycles. The smallest absolute Gasteiger partial charge is 0.240 e. The van der Waals surface area contributed by atoms with Crippen molar-refractivity contribution in [1.29, 1.82) is 0 Å². The van der Waals surface area contributed by atoms with E-state index in [9.17, 15) is 15.0 Å². The van der Waals surface area contributed by atoms with Crippen LogP contribution in [0, 0.1) is 40.8 Å². The second kappa shape index (κ2) is 16.7. The van der Waals surface area contributed by atoms with Gasteiger partial charge < -0.3 is 20.4 Å². The van der Waals surface area contributed by atoms with Crippen LogP contribution in [0.5, 0.6) is 0 Å². The zero-order valence-electron chi connectivity index (χ0n) is 32.1. The van der Waals surface area contributed by atoms with Crippen LogP contribution in [0.2, 0.25) is 5.02 Å². The quantitative estimate of drug-likeness (QED) is 0.189. The molecule has 2 bridgehead atoms. The summed E-state index contributed by atoms with van der Waals surface area (Å²) in [6.07, 6.45) is 4.02. The highest BCUT2D eigenvalue weighted by molar-refractivity contribution is 6.31. The zero-order chi connectivity index (χ0) is 37.3. The minimum Gasteiger partial charge on any atom is -0.394 e. The maximum Gasteiger partial charge on any atom is 0.240 e. The highest BCUT2D eigenvalue weighted by Crippen LogP contribution is 2.61. The van der Waals surface area contributed by atoms with Gasteiger partial charge in [0, 0.05) is 48.2 Å². The Hall–Kier alpha value is -2.11. The number of likely N-dealkylation sites (tertiary alicyclic amines) is 1. The largest absolute Gasteiger partial charge is 0.394 e. The molecule has 0 radical (unpaired) electrons. The summed E-state index contributed by atoms with van der Waals surface area (Å²) in [4.78, 5) is 25.4. The third-order valence-electron chi connectivity index (χ3n) is 13.1. The first-order valence-electron chi connectivity index (χ1n) is 19.8. The van der Waals surface area contributed by atoms with Gasteiger partial charge in [-0.15, -0.1) is 0 Å². The number of rotatable bonds is 15. The Morgan fingerprint density at radius 3 is 2.44 bits per heavy atom. The molecule has 3 N–H and O–H groups in total. The summed E-state index contributed by atoms with van der Waals surface area (Å²) in [5.41, 5.74) is 2.85. The van der Waals surface area contributed by atoms with Crippen LogP contribution in [0.25, 0.3) is 0 Å². The van der Waals surface area contributed by atoms with Gasteiger partial charge in [-0.1, -0.05) is 76.6 Å². The first-order valence-corrected chi connectivity index (χ1v) is 20.1. The molecule has 5 aliphatic rings. The van der Waals surface area contributed by atoms with Crippen LogP contribution in [0.1, 0.15) is 90.3 Å². The number of amides is 1. The fourth-order valence-corrected chi connectivity index (χ4v) is 10.3. The van der Waals surface area contributed by atoms with Gasteiger partial charge in [0.05, 0.1) is 19.3 Å². The monoisotopic (exact) mass is 740 g/mol. The molecule has 7 rings (SSSR count). The molecule has 0 unspecified atom stereocenters. The minimum absolute atomic E-state index is 0.0746. The number of nitrogens with one attached hydrogen (secondary N) is 1. The number of benzene rings is 2. The van der Waals surface area contributed by atoms with Crippen LogP contribution in [0.3, 0.4) is 0 Å². The number of aliphatic hydroxyl groups excluding tert-OH is 2. The molecule has 52 heavy (non-hydrogen) atoms. The van der Waals surface area contributed by atoms with E-state index in [2.05, 4.69) is 61.9 Å². The summed E-state index contributed by atoms with van der Waals surface area (Å²) in [5.74, 6) is 0.977. The van der Waals surface area contributed by atoms with Gasteiger partial charge in [-0.3, -0.25) is 14.5 Å². The molecule has 288 valence electrons. The predicted octanol–water partition coefficient (Wildman–Crippen LogP) is 6.65. The lowest BCUT2D eigenvalue weighted by Crippen LogP contribution is -2.62. The van der Waals surface area contributed by atoms with Crippen molar-refractivity contribution in [2.75, 3.05) is 26.2 Å². The van der Waals surface area contributed by atoms with Gasteiger partial charge in [-0.05, 0) is 104 Å². The highest BCUT2D eigenvalue weighted by atomic mass is 35.5. The molecule has 3 aliphatic carbocycles. The fraction of sp³-hybridized carbons (Fsp3) is 0.690. The molecule has 0 spiro atoms. The molecule has 2 aromatic carbocycles. The number of halogens is 2. The van der Waals surface area contributed by atoms with Crippen LogP contribution < -0.4 is 5.32 Å². The average Bonchev–Trinajstić information content (AvgIpc) is 3.74. The number of hydrogen-bond donors (Lipinski definition) is 3. The van der Waals surface area contributed by atoms with E-state index in [4.69, 9.17) is 16.4 Å². The van der Waals surface area contributed by atoms with Crippen LogP contribution >= 0.6 is 11.6 Å². The topological polar surface area (TPSA) is 88.5 Å². The van der Waals surface area contributed by atoms with Gasteiger partial charge in [-0.2, -0.15) is 5.06 Å². The molecule has 2 aliphatic heterocycles. The average molecular weight is 741 g/mol. The maximum absolute atomic E-state index is 15.2. The highest BCUT2D eigenvalue weighted by Gasteiger charge is 2.57. The molecule has 2 heterocycles. The van der Waals surface area contributed by atoms with E-state index in [-0.39, 0.29) is 30.4 Å². The van der Waals surface area contributed by atoms with Crippen molar-refractivity contribution in [1.82, 2.24) is 20.2 Å². The summed E-state index contributed by atoms with van der Waals surface area (Å²) in [7, 11) is 0. The predicted molar refractivity (Wildman–Crippen MR) is 204 cm³/mol.